The maximum absolute atomic E-state index is 12.3. The molecule has 0 aromatic heterocycles. The van der Waals surface area contributed by atoms with Gasteiger partial charge in [0.25, 0.3) is 0 Å². The van der Waals surface area contributed by atoms with Crippen molar-refractivity contribution in [2.75, 3.05) is 32.8 Å². The molecule has 1 aromatic carbocycles. The van der Waals surface area contributed by atoms with Crippen molar-refractivity contribution in [2.24, 2.45) is 0 Å². The summed E-state index contributed by atoms with van der Waals surface area (Å²) in [6.45, 7) is 5.29. The molecule has 1 amide bonds. The van der Waals surface area contributed by atoms with Gasteiger partial charge in [0.15, 0.2) is 0 Å². The van der Waals surface area contributed by atoms with E-state index in [9.17, 15) is 18.0 Å². The fourth-order valence-corrected chi connectivity index (χ4v) is 3.12. The fraction of sp³-hybridized carbons (Fsp3) is 0.611. The van der Waals surface area contributed by atoms with Crippen molar-refractivity contribution in [3.8, 4) is 0 Å². The first kappa shape index (κ1) is 19.7. The highest BCUT2D eigenvalue weighted by Gasteiger charge is 2.35. The summed E-state index contributed by atoms with van der Waals surface area (Å²) in [4.78, 5) is 14.1. The van der Waals surface area contributed by atoms with E-state index in [1.807, 2.05) is 37.3 Å². The minimum absolute atomic E-state index is 0.0673. The Morgan fingerprint density at radius 2 is 2.00 bits per heavy atom. The number of halogens is 3. The van der Waals surface area contributed by atoms with Gasteiger partial charge in [-0.05, 0) is 12.5 Å². The van der Waals surface area contributed by atoms with Crippen LogP contribution in [-0.4, -0.2) is 55.9 Å². The number of ether oxygens (including phenoxy) is 1. The second-order valence-electron chi connectivity index (χ2n) is 6.26. The summed E-state index contributed by atoms with van der Waals surface area (Å²) in [5.74, 6) is -0.479. The van der Waals surface area contributed by atoms with E-state index >= 15 is 0 Å². The molecule has 0 aliphatic carbocycles. The summed E-state index contributed by atoms with van der Waals surface area (Å²) in [6.07, 6.45) is -5.93. The first-order valence-corrected chi connectivity index (χ1v) is 8.60. The van der Waals surface area contributed by atoms with E-state index in [0.717, 1.165) is 18.7 Å². The molecule has 1 heterocycles. The lowest BCUT2D eigenvalue weighted by molar-refractivity contribution is -0.144. The van der Waals surface area contributed by atoms with Gasteiger partial charge in [-0.25, -0.2) is 0 Å². The van der Waals surface area contributed by atoms with Crippen LogP contribution in [0.4, 0.5) is 13.2 Å². The Bertz CT molecular complexity index is 537. The van der Waals surface area contributed by atoms with Gasteiger partial charge in [-0.1, -0.05) is 30.3 Å². The van der Waals surface area contributed by atoms with Crippen LogP contribution < -0.4 is 5.32 Å². The molecule has 0 bridgehead atoms. The highest BCUT2D eigenvalue weighted by atomic mass is 19.4. The van der Waals surface area contributed by atoms with E-state index in [-0.39, 0.29) is 12.0 Å². The molecule has 1 N–H and O–H groups in total. The van der Waals surface area contributed by atoms with Crippen molar-refractivity contribution in [1.82, 2.24) is 10.2 Å². The molecule has 0 spiro atoms. The van der Waals surface area contributed by atoms with Crippen molar-refractivity contribution in [2.45, 2.75) is 37.9 Å². The van der Waals surface area contributed by atoms with Crippen LogP contribution in [0.1, 0.15) is 31.2 Å². The van der Waals surface area contributed by atoms with Gasteiger partial charge in [0.1, 0.15) is 0 Å². The lowest BCUT2D eigenvalue weighted by Gasteiger charge is -2.20. The van der Waals surface area contributed by atoms with Gasteiger partial charge in [-0.15, -0.1) is 0 Å². The Hall–Kier alpha value is -1.60. The third-order valence-corrected chi connectivity index (χ3v) is 4.36. The average Bonchev–Trinajstić information content (AvgIpc) is 2.96. The minimum atomic E-state index is -4.31. The van der Waals surface area contributed by atoms with E-state index in [1.165, 1.54) is 0 Å². The largest absolute Gasteiger partial charge is 0.389 e. The predicted molar refractivity (Wildman–Crippen MR) is 89.3 cm³/mol. The van der Waals surface area contributed by atoms with Crippen LogP contribution in [0.15, 0.2) is 30.3 Å². The van der Waals surface area contributed by atoms with Gasteiger partial charge >= 0.3 is 6.18 Å². The number of rotatable bonds is 8. The van der Waals surface area contributed by atoms with Crippen molar-refractivity contribution in [3.63, 3.8) is 0 Å². The topological polar surface area (TPSA) is 41.6 Å². The average molecular weight is 358 g/mol. The minimum Gasteiger partial charge on any atom is -0.380 e. The molecule has 1 aliphatic heterocycles. The second kappa shape index (κ2) is 9.20. The fourth-order valence-electron chi connectivity index (χ4n) is 3.12. The van der Waals surface area contributed by atoms with E-state index in [1.54, 1.807) is 0 Å². The second-order valence-corrected chi connectivity index (χ2v) is 6.26. The molecule has 1 aromatic rings. The van der Waals surface area contributed by atoms with Crippen molar-refractivity contribution in [3.05, 3.63) is 35.9 Å². The lowest BCUT2D eigenvalue weighted by Crippen LogP contribution is -2.40. The maximum Gasteiger partial charge on any atom is 0.389 e. The van der Waals surface area contributed by atoms with E-state index < -0.39 is 24.9 Å². The molecule has 1 aliphatic rings. The zero-order chi connectivity index (χ0) is 18.3. The van der Waals surface area contributed by atoms with Crippen LogP contribution >= 0.6 is 0 Å². The molecule has 25 heavy (non-hydrogen) atoms. The molecule has 4 nitrogen and oxygen atoms in total. The molecule has 7 heteroatoms. The van der Waals surface area contributed by atoms with Gasteiger partial charge in [-0.3, -0.25) is 9.69 Å². The van der Waals surface area contributed by atoms with Crippen molar-refractivity contribution >= 4 is 5.91 Å². The van der Waals surface area contributed by atoms with Gasteiger partial charge in [0.2, 0.25) is 5.91 Å². The zero-order valence-electron chi connectivity index (χ0n) is 14.4. The Balaban J connectivity index is 1.97. The monoisotopic (exact) mass is 358 g/mol. The zero-order valence-corrected chi connectivity index (χ0v) is 14.4. The van der Waals surface area contributed by atoms with Crippen molar-refractivity contribution in [1.29, 1.82) is 0 Å². The number of amides is 1. The normalized spacial score (nSPS) is 21.4. The van der Waals surface area contributed by atoms with Crippen LogP contribution in [0.2, 0.25) is 0 Å². The van der Waals surface area contributed by atoms with Crippen LogP contribution in [0.3, 0.4) is 0 Å². The first-order valence-electron chi connectivity index (χ1n) is 8.60. The lowest BCUT2D eigenvalue weighted by atomic mass is 9.94. The molecule has 1 fully saturated rings. The van der Waals surface area contributed by atoms with E-state index in [4.69, 9.17) is 4.74 Å². The summed E-state index contributed by atoms with van der Waals surface area (Å²) in [5.41, 5.74) is 1.09. The number of carbonyl (C=O) groups is 1. The van der Waals surface area contributed by atoms with Gasteiger partial charge in [0, 0.05) is 44.6 Å². The van der Waals surface area contributed by atoms with E-state index in [0.29, 0.717) is 19.8 Å². The summed E-state index contributed by atoms with van der Waals surface area (Å²) >= 11 is 0. The van der Waals surface area contributed by atoms with Gasteiger partial charge in [-0.2, -0.15) is 13.2 Å². The number of benzene rings is 1. The van der Waals surface area contributed by atoms with Crippen molar-refractivity contribution < 1.29 is 22.7 Å². The highest BCUT2D eigenvalue weighted by molar-refractivity contribution is 5.76. The Morgan fingerprint density at radius 3 is 2.64 bits per heavy atom. The maximum atomic E-state index is 12.3. The standard InChI is InChI=1S/C18H25F3N2O2/c1-2-25-11-10-23-12-15(14-6-4-3-5-7-14)16(13-23)22-17(24)8-9-18(19,20)21/h3-7,15-16H,2,8-13H2,1H3,(H,22,24)/t15-,16+/m0/s1. The number of alkyl halides is 3. The van der Waals surface area contributed by atoms with Crippen LogP contribution in [0.25, 0.3) is 0 Å². The number of nitrogens with one attached hydrogen (secondary N) is 1. The molecular weight excluding hydrogens is 333 g/mol. The number of nitrogens with zero attached hydrogens (tertiary/aromatic N) is 1. The molecule has 140 valence electrons. The summed E-state index contributed by atoms with van der Waals surface area (Å²) in [7, 11) is 0. The van der Waals surface area contributed by atoms with Crippen LogP contribution in [0.5, 0.6) is 0 Å². The molecule has 1 saturated heterocycles. The van der Waals surface area contributed by atoms with E-state index in [2.05, 4.69) is 10.2 Å². The number of hydrogen-bond acceptors (Lipinski definition) is 3. The quantitative estimate of drug-likeness (QED) is 0.727. The Kier molecular flexibility index (Phi) is 7.25. The third kappa shape index (κ3) is 6.66. The van der Waals surface area contributed by atoms with Gasteiger partial charge in [0.05, 0.1) is 13.0 Å². The summed E-state index contributed by atoms with van der Waals surface area (Å²) in [6, 6.07) is 9.57. The summed E-state index contributed by atoms with van der Waals surface area (Å²) in [5, 5.41) is 2.80. The number of carbonyl (C=O) groups excluding carboxylic acids is 1. The van der Waals surface area contributed by atoms with Crippen LogP contribution in [0, 0.1) is 0 Å². The molecule has 0 saturated carbocycles. The first-order chi connectivity index (χ1) is 11.9. The molecule has 0 unspecified atom stereocenters. The predicted octanol–water partition coefficient (Wildman–Crippen LogP) is 2.95. The Labute approximate surface area is 146 Å². The molecule has 0 radical (unpaired) electrons. The molecular formula is C18H25F3N2O2. The highest BCUT2D eigenvalue weighted by Crippen LogP contribution is 2.28. The van der Waals surface area contributed by atoms with Crippen LogP contribution in [-0.2, 0) is 9.53 Å². The molecule has 2 rings (SSSR count). The SMILES string of the molecule is CCOCCN1C[C@@H](NC(=O)CCC(F)(F)F)[C@H](c2ccccc2)C1. The third-order valence-electron chi connectivity index (χ3n) is 4.36. The Morgan fingerprint density at radius 1 is 1.28 bits per heavy atom. The summed E-state index contributed by atoms with van der Waals surface area (Å²) < 4.78 is 42.3. The van der Waals surface area contributed by atoms with Gasteiger partial charge < -0.3 is 10.1 Å². The number of likely N-dealkylation sites (tertiary alicyclic amines) is 1. The molecule has 2 atom stereocenters. The number of hydrogen-bond donors (Lipinski definition) is 1. The smallest absolute Gasteiger partial charge is 0.380 e.